The van der Waals surface area contributed by atoms with Crippen LogP contribution in [-0.4, -0.2) is 25.8 Å². The van der Waals surface area contributed by atoms with E-state index < -0.39 is 0 Å². The summed E-state index contributed by atoms with van der Waals surface area (Å²) in [6.45, 7) is 4.82. The van der Waals surface area contributed by atoms with Crippen molar-refractivity contribution < 1.29 is 14.3 Å². The van der Waals surface area contributed by atoms with E-state index in [0.29, 0.717) is 18.1 Å². The molecule has 0 aliphatic heterocycles. The van der Waals surface area contributed by atoms with Gasteiger partial charge >= 0.3 is 0 Å². The van der Waals surface area contributed by atoms with Gasteiger partial charge < -0.3 is 9.47 Å². The fraction of sp³-hybridized carbons (Fsp3) is 0.263. The number of rotatable bonds is 7. The number of benzene rings is 2. The third-order valence-electron chi connectivity index (χ3n) is 3.17. The summed E-state index contributed by atoms with van der Waals surface area (Å²) in [5, 5.41) is 3.96. The molecular formula is C19H22N2O3. The van der Waals surface area contributed by atoms with Crippen LogP contribution in [0.5, 0.6) is 11.5 Å². The quantitative estimate of drug-likeness (QED) is 0.626. The summed E-state index contributed by atoms with van der Waals surface area (Å²) in [5.74, 6) is 1.67. The lowest BCUT2D eigenvalue weighted by atomic mass is 10.2. The van der Waals surface area contributed by atoms with Crippen molar-refractivity contribution >= 4 is 12.1 Å². The average Bonchev–Trinajstić information content (AvgIpc) is 2.60. The molecule has 0 saturated carbocycles. The molecule has 5 nitrogen and oxygen atoms in total. The van der Waals surface area contributed by atoms with Gasteiger partial charge in [-0.3, -0.25) is 4.79 Å². The highest BCUT2D eigenvalue weighted by atomic mass is 16.5. The molecule has 0 heterocycles. The topological polar surface area (TPSA) is 59.9 Å². The van der Waals surface area contributed by atoms with E-state index in [1.807, 2.05) is 24.3 Å². The molecule has 0 aromatic heterocycles. The molecule has 24 heavy (non-hydrogen) atoms. The first kappa shape index (κ1) is 17.5. The monoisotopic (exact) mass is 326 g/mol. The van der Waals surface area contributed by atoms with E-state index in [4.69, 9.17) is 9.47 Å². The molecule has 2 aromatic rings. The number of nitrogens with zero attached hydrogens (tertiary/aromatic N) is 1. The van der Waals surface area contributed by atoms with Crippen molar-refractivity contribution in [3.63, 3.8) is 0 Å². The molecule has 0 atom stereocenters. The third-order valence-corrected chi connectivity index (χ3v) is 3.17. The van der Waals surface area contributed by atoms with Gasteiger partial charge in [0.05, 0.1) is 19.9 Å². The zero-order chi connectivity index (χ0) is 17.4. The summed E-state index contributed by atoms with van der Waals surface area (Å²) in [6, 6.07) is 14.4. The van der Waals surface area contributed by atoms with E-state index in [2.05, 4.69) is 24.4 Å². The lowest BCUT2D eigenvalue weighted by Crippen LogP contribution is -2.17. The molecule has 1 N–H and O–H groups in total. The van der Waals surface area contributed by atoms with Crippen LogP contribution in [0.3, 0.4) is 0 Å². The predicted octanol–water partition coefficient (Wildman–Crippen LogP) is 3.49. The van der Waals surface area contributed by atoms with Gasteiger partial charge in [-0.25, -0.2) is 5.43 Å². The Balaban J connectivity index is 1.90. The fourth-order valence-corrected chi connectivity index (χ4v) is 1.92. The van der Waals surface area contributed by atoms with E-state index in [9.17, 15) is 4.79 Å². The van der Waals surface area contributed by atoms with Gasteiger partial charge in [0.15, 0.2) is 0 Å². The van der Waals surface area contributed by atoms with Gasteiger partial charge in [-0.05, 0) is 47.9 Å². The Bertz CT molecular complexity index is 694. The van der Waals surface area contributed by atoms with Crippen molar-refractivity contribution in [2.45, 2.75) is 13.8 Å². The smallest absolute Gasteiger partial charge is 0.271 e. The van der Waals surface area contributed by atoms with E-state index in [1.54, 1.807) is 37.6 Å². The van der Waals surface area contributed by atoms with E-state index >= 15 is 0 Å². The van der Waals surface area contributed by atoms with Crippen molar-refractivity contribution in [2.24, 2.45) is 11.0 Å². The minimum absolute atomic E-state index is 0.274. The molecule has 0 aliphatic carbocycles. The maximum absolute atomic E-state index is 12.0. The van der Waals surface area contributed by atoms with Gasteiger partial charge in [-0.15, -0.1) is 0 Å². The summed E-state index contributed by atoms with van der Waals surface area (Å²) in [5.41, 5.74) is 3.87. The molecule has 2 rings (SSSR count). The standard InChI is InChI=1S/C19H22N2O3/c1-14(2)13-24-17-9-7-16(8-10-17)19(22)21-20-12-15-5-4-6-18(11-15)23-3/h4-12,14H,13H2,1-3H3,(H,21,22)/b20-12+. The van der Waals surface area contributed by atoms with E-state index in [1.165, 1.54) is 0 Å². The predicted molar refractivity (Wildman–Crippen MR) is 94.8 cm³/mol. The molecule has 0 aliphatic rings. The zero-order valence-electron chi connectivity index (χ0n) is 14.2. The van der Waals surface area contributed by atoms with Gasteiger partial charge in [0.25, 0.3) is 5.91 Å². The lowest BCUT2D eigenvalue weighted by Gasteiger charge is -2.08. The zero-order valence-corrected chi connectivity index (χ0v) is 14.2. The number of hydrazone groups is 1. The Morgan fingerprint density at radius 2 is 1.92 bits per heavy atom. The van der Waals surface area contributed by atoms with Crippen molar-refractivity contribution in [1.29, 1.82) is 0 Å². The Morgan fingerprint density at radius 3 is 2.58 bits per heavy atom. The minimum Gasteiger partial charge on any atom is -0.497 e. The fourth-order valence-electron chi connectivity index (χ4n) is 1.92. The minimum atomic E-state index is -0.274. The Kier molecular flexibility index (Phi) is 6.37. The maximum atomic E-state index is 12.0. The highest BCUT2D eigenvalue weighted by Crippen LogP contribution is 2.13. The van der Waals surface area contributed by atoms with Crippen LogP contribution in [-0.2, 0) is 0 Å². The number of amides is 1. The van der Waals surface area contributed by atoms with Gasteiger partial charge in [-0.2, -0.15) is 5.10 Å². The van der Waals surface area contributed by atoms with Gasteiger partial charge in [0.2, 0.25) is 0 Å². The summed E-state index contributed by atoms with van der Waals surface area (Å²) in [4.78, 5) is 12.0. The molecule has 0 spiro atoms. The number of carbonyl (C=O) groups excluding carboxylic acids is 1. The molecule has 0 unspecified atom stereocenters. The molecule has 5 heteroatoms. The number of hydrogen-bond acceptors (Lipinski definition) is 4. The van der Waals surface area contributed by atoms with Crippen LogP contribution >= 0.6 is 0 Å². The molecule has 0 fully saturated rings. The number of hydrogen-bond donors (Lipinski definition) is 1. The second-order valence-corrected chi connectivity index (χ2v) is 5.70. The van der Waals surface area contributed by atoms with Crippen molar-refractivity contribution in [3.8, 4) is 11.5 Å². The van der Waals surface area contributed by atoms with E-state index in [0.717, 1.165) is 17.1 Å². The number of nitrogens with one attached hydrogen (secondary N) is 1. The maximum Gasteiger partial charge on any atom is 0.271 e. The third kappa shape index (κ3) is 5.43. The van der Waals surface area contributed by atoms with Crippen LogP contribution in [0.1, 0.15) is 29.8 Å². The van der Waals surface area contributed by atoms with Crippen molar-refractivity contribution in [3.05, 3.63) is 59.7 Å². The van der Waals surface area contributed by atoms with Gasteiger partial charge in [0.1, 0.15) is 11.5 Å². The van der Waals surface area contributed by atoms with Crippen LogP contribution in [0.4, 0.5) is 0 Å². The molecule has 0 bridgehead atoms. The summed E-state index contributed by atoms with van der Waals surface area (Å²) in [7, 11) is 1.60. The first-order valence-corrected chi connectivity index (χ1v) is 7.79. The van der Waals surface area contributed by atoms with Crippen LogP contribution in [0.2, 0.25) is 0 Å². The molecule has 2 aromatic carbocycles. The Hall–Kier alpha value is -2.82. The molecular weight excluding hydrogens is 304 g/mol. The highest BCUT2D eigenvalue weighted by molar-refractivity contribution is 5.95. The van der Waals surface area contributed by atoms with E-state index in [-0.39, 0.29) is 5.91 Å². The normalized spacial score (nSPS) is 10.8. The summed E-state index contributed by atoms with van der Waals surface area (Å²) < 4.78 is 10.7. The first-order valence-electron chi connectivity index (χ1n) is 7.79. The van der Waals surface area contributed by atoms with Crippen LogP contribution in [0.25, 0.3) is 0 Å². The first-order chi connectivity index (χ1) is 11.6. The number of ether oxygens (including phenoxy) is 2. The van der Waals surface area contributed by atoms with Crippen LogP contribution in [0, 0.1) is 5.92 Å². The molecule has 1 amide bonds. The highest BCUT2D eigenvalue weighted by Gasteiger charge is 2.04. The second-order valence-electron chi connectivity index (χ2n) is 5.70. The number of carbonyl (C=O) groups is 1. The average molecular weight is 326 g/mol. The van der Waals surface area contributed by atoms with Crippen LogP contribution < -0.4 is 14.9 Å². The van der Waals surface area contributed by atoms with Crippen LogP contribution in [0.15, 0.2) is 53.6 Å². The van der Waals surface area contributed by atoms with Crippen molar-refractivity contribution in [1.82, 2.24) is 5.43 Å². The lowest BCUT2D eigenvalue weighted by molar-refractivity contribution is 0.0955. The molecule has 126 valence electrons. The van der Waals surface area contributed by atoms with Gasteiger partial charge in [-0.1, -0.05) is 26.0 Å². The molecule has 0 saturated heterocycles. The summed E-state index contributed by atoms with van der Waals surface area (Å²) >= 11 is 0. The Morgan fingerprint density at radius 1 is 1.17 bits per heavy atom. The second kappa shape index (κ2) is 8.72. The largest absolute Gasteiger partial charge is 0.497 e. The molecule has 0 radical (unpaired) electrons. The summed E-state index contributed by atoms with van der Waals surface area (Å²) in [6.07, 6.45) is 1.57. The van der Waals surface area contributed by atoms with Crippen molar-refractivity contribution in [2.75, 3.05) is 13.7 Å². The van der Waals surface area contributed by atoms with Gasteiger partial charge in [0, 0.05) is 5.56 Å². The Labute approximate surface area is 142 Å². The number of methoxy groups -OCH3 is 1. The SMILES string of the molecule is COc1cccc(/C=N/NC(=O)c2ccc(OCC(C)C)cc2)c1.